The number of amides is 2. The normalized spacial score (nSPS) is 16.4. The van der Waals surface area contributed by atoms with Crippen molar-refractivity contribution in [1.29, 1.82) is 5.26 Å². The third kappa shape index (κ3) is 5.85. The van der Waals surface area contributed by atoms with Crippen LogP contribution in [-0.2, 0) is 22.6 Å². The highest BCUT2D eigenvalue weighted by Crippen LogP contribution is 2.42. The molecule has 3 aromatic carbocycles. The van der Waals surface area contributed by atoms with Crippen LogP contribution >= 0.6 is 35.0 Å². The largest absolute Gasteiger partial charge is 0.497 e. The van der Waals surface area contributed by atoms with Gasteiger partial charge in [0, 0.05) is 22.3 Å². The number of anilines is 1. The van der Waals surface area contributed by atoms with Crippen molar-refractivity contribution in [3.05, 3.63) is 105 Å². The molecule has 0 spiro atoms. The average molecular weight is 538 g/mol. The van der Waals surface area contributed by atoms with E-state index < -0.39 is 11.2 Å². The van der Waals surface area contributed by atoms with Crippen LogP contribution in [0.3, 0.4) is 0 Å². The second-order valence-corrected chi connectivity index (χ2v) is 9.98. The summed E-state index contributed by atoms with van der Waals surface area (Å²) in [7, 11) is 1.55. The number of nitrogens with zero attached hydrogens (tertiary/aromatic N) is 2. The fourth-order valence-corrected chi connectivity index (χ4v) is 5.64. The topological polar surface area (TPSA) is 82.4 Å². The summed E-state index contributed by atoms with van der Waals surface area (Å²) >= 11 is 13.5. The second-order valence-electron chi connectivity index (χ2n) is 7.92. The molecule has 1 aliphatic rings. The number of ether oxygens (including phenoxy) is 1. The smallest absolute Gasteiger partial charge is 0.264 e. The van der Waals surface area contributed by atoms with Gasteiger partial charge in [0.15, 0.2) is 0 Å². The van der Waals surface area contributed by atoms with Crippen LogP contribution in [0.4, 0.5) is 5.69 Å². The molecule has 3 aromatic rings. The molecule has 36 heavy (non-hydrogen) atoms. The number of carbonyl (C=O) groups excluding carboxylic acids is 2. The van der Waals surface area contributed by atoms with E-state index in [1.807, 2.05) is 36.4 Å². The van der Waals surface area contributed by atoms with Gasteiger partial charge in [-0.15, -0.1) is 0 Å². The lowest BCUT2D eigenvalue weighted by molar-refractivity contribution is -0.117. The molecule has 0 aliphatic carbocycles. The second kappa shape index (κ2) is 11.5. The van der Waals surface area contributed by atoms with Gasteiger partial charge >= 0.3 is 0 Å². The number of benzene rings is 3. The molecule has 1 fully saturated rings. The molecule has 0 saturated carbocycles. The highest BCUT2D eigenvalue weighted by atomic mass is 35.5. The molecule has 0 bridgehead atoms. The zero-order valence-corrected chi connectivity index (χ0v) is 21.5. The molecular weight excluding hydrogens is 517 g/mol. The van der Waals surface area contributed by atoms with Gasteiger partial charge in [0.05, 0.1) is 12.4 Å². The van der Waals surface area contributed by atoms with Crippen molar-refractivity contribution in [2.24, 2.45) is 0 Å². The maximum absolute atomic E-state index is 13.6. The van der Waals surface area contributed by atoms with Gasteiger partial charge < -0.3 is 10.1 Å². The summed E-state index contributed by atoms with van der Waals surface area (Å²) in [4.78, 5) is 28.1. The fourth-order valence-electron chi connectivity index (χ4n) is 3.76. The zero-order valence-electron chi connectivity index (χ0n) is 19.2. The number of nitriles is 1. The van der Waals surface area contributed by atoms with Gasteiger partial charge in [-0.2, -0.15) is 5.26 Å². The van der Waals surface area contributed by atoms with Crippen molar-refractivity contribution in [3.63, 3.8) is 0 Å². The zero-order chi connectivity index (χ0) is 25.7. The van der Waals surface area contributed by atoms with E-state index in [9.17, 15) is 14.9 Å². The van der Waals surface area contributed by atoms with Crippen LogP contribution in [0.25, 0.3) is 0 Å². The average Bonchev–Trinajstić information content (AvgIpc) is 3.18. The highest BCUT2D eigenvalue weighted by molar-refractivity contribution is 8.05. The van der Waals surface area contributed by atoms with Crippen LogP contribution < -0.4 is 15.0 Å². The van der Waals surface area contributed by atoms with E-state index in [1.165, 1.54) is 16.7 Å². The van der Waals surface area contributed by atoms with Crippen molar-refractivity contribution in [2.45, 2.75) is 18.2 Å². The maximum Gasteiger partial charge on any atom is 0.264 e. The minimum atomic E-state index is -0.582. The van der Waals surface area contributed by atoms with Crippen molar-refractivity contribution in [2.75, 3.05) is 12.0 Å². The summed E-state index contributed by atoms with van der Waals surface area (Å²) in [6, 6.07) is 23.4. The molecule has 1 saturated heterocycles. The lowest BCUT2D eigenvalue weighted by atomic mass is 10.1. The molecule has 2 amide bonds. The summed E-state index contributed by atoms with van der Waals surface area (Å²) in [6.07, 6.45) is 0.324. The third-order valence-electron chi connectivity index (χ3n) is 5.48. The molecule has 0 radical (unpaired) electrons. The molecule has 1 unspecified atom stereocenters. The first kappa shape index (κ1) is 25.6. The van der Waals surface area contributed by atoms with Crippen molar-refractivity contribution in [3.8, 4) is 11.8 Å². The molecule has 1 atom stereocenters. The van der Waals surface area contributed by atoms with Crippen molar-refractivity contribution < 1.29 is 14.3 Å². The summed E-state index contributed by atoms with van der Waals surface area (Å²) in [6.45, 7) is 0.254. The molecule has 1 heterocycles. The van der Waals surface area contributed by atoms with E-state index in [2.05, 4.69) is 5.32 Å². The van der Waals surface area contributed by atoms with E-state index in [4.69, 9.17) is 27.9 Å². The number of methoxy groups -OCH3 is 1. The predicted molar refractivity (Wildman–Crippen MR) is 143 cm³/mol. The Labute approximate surface area is 223 Å². The number of thioether (sulfide) groups is 1. The Morgan fingerprint density at radius 1 is 1.06 bits per heavy atom. The lowest BCUT2D eigenvalue weighted by Crippen LogP contribution is -2.32. The quantitative estimate of drug-likeness (QED) is 0.306. The van der Waals surface area contributed by atoms with Crippen LogP contribution in [0.5, 0.6) is 5.75 Å². The van der Waals surface area contributed by atoms with E-state index in [-0.39, 0.29) is 23.1 Å². The number of rotatable bonds is 7. The molecule has 9 heteroatoms. The van der Waals surface area contributed by atoms with Crippen molar-refractivity contribution >= 4 is 52.5 Å². The Balaban J connectivity index is 1.68. The Bertz CT molecular complexity index is 1330. The van der Waals surface area contributed by atoms with Gasteiger partial charge in [-0.25, -0.2) is 0 Å². The van der Waals surface area contributed by atoms with Crippen LogP contribution in [0.15, 0.2) is 83.4 Å². The minimum Gasteiger partial charge on any atom is -0.497 e. The van der Waals surface area contributed by atoms with Gasteiger partial charge in [0.1, 0.15) is 22.4 Å². The molecule has 0 aromatic heterocycles. The highest BCUT2D eigenvalue weighted by Gasteiger charge is 2.40. The van der Waals surface area contributed by atoms with Gasteiger partial charge in [0.25, 0.3) is 5.91 Å². The van der Waals surface area contributed by atoms with E-state index in [0.29, 0.717) is 27.9 Å². The summed E-state index contributed by atoms with van der Waals surface area (Å²) in [5, 5.41) is 13.4. The van der Waals surface area contributed by atoms with Gasteiger partial charge in [0.2, 0.25) is 5.91 Å². The molecule has 1 aliphatic heterocycles. The number of nitrogens with one attached hydrogen (secondary N) is 1. The third-order valence-corrected chi connectivity index (χ3v) is 7.17. The molecule has 6 nitrogen and oxygen atoms in total. The first-order valence-electron chi connectivity index (χ1n) is 11.0. The Morgan fingerprint density at radius 3 is 2.33 bits per heavy atom. The van der Waals surface area contributed by atoms with Crippen molar-refractivity contribution in [1.82, 2.24) is 5.32 Å². The van der Waals surface area contributed by atoms with Crippen LogP contribution in [-0.4, -0.2) is 24.2 Å². The Morgan fingerprint density at radius 2 is 1.72 bits per heavy atom. The SMILES string of the molecule is COc1ccc(N2C(=O)C(Cc3cc(Cl)cc(Cl)c3)S/C2=C(/C#N)C(=O)NCc2ccccc2)cc1. The maximum atomic E-state index is 13.6. The van der Waals surface area contributed by atoms with Gasteiger partial charge in [-0.05, 0) is 60.0 Å². The molecule has 182 valence electrons. The fraction of sp³-hybridized carbons (Fsp3) is 0.148. The van der Waals surface area contributed by atoms with Gasteiger partial charge in [-0.1, -0.05) is 65.3 Å². The van der Waals surface area contributed by atoms with E-state index >= 15 is 0 Å². The number of carbonyl (C=O) groups is 2. The Hall–Kier alpha value is -3.44. The van der Waals surface area contributed by atoms with E-state index in [1.54, 1.807) is 49.6 Å². The lowest BCUT2D eigenvalue weighted by Gasteiger charge is -2.19. The summed E-state index contributed by atoms with van der Waals surface area (Å²) in [5.41, 5.74) is 2.07. The van der Waals surface area contributed by atoms with Crippen LogP contribution in [0.2, 0.25) is 10.0 Å². The Kier molecular flexibility index (Phi) is 8.21. The van der Waals surface area contributed by atoms with Crippen LogP contribution in [0, 0.1) is 11.3 Å². The summed E-state index contributed by atoms with van der Waals surface area (Å²) in [5.74, 6) is -0.184. The first-order chi connectivity index (χ1) is 17.4. The number of halogens is 2. The summed E-state index contributed by atoms with van der Waals surface area (Å²) < 4.78 is 5.23. The molecule has 4 rings (SSSR count). The van der Waals surface area contributed by atoms with E-state index in [0.717, 1.165) is 11.1 Å². The number of hydrogen-bond donors (Lipinski definition) is 1. The number of hydrogen-bond acceptors (Lipinski definition) is 5. The standard InChI is InChI=1S/C27H21Cl2N3O3S/c1-35-22-9-7-21(8-10-22)32-26(34)24(13-18-11-19(28)14-20(29)12-18)36-27(32)23(15-30)25(33)31-16-17-5-3-2-4-6-17/h2-12,14,24H,13,16H2,1H3,(H,31,33)/b27-23-. The minimum absolute atomic E-state index is 0.133. The first-order valence-corrected chi connectivity index (χ1v) is 12.6. The van der Waals surface area contributed by atoms with Gasteiger partial charge in [-0.3, -0.25) is 14.5 Å². The predicted octanol–water partition coefficient (Wildman–Crippen LogP) is 5.74. The molecular formula is C27H21Cl2N3O3S. The van der Waals surface area contributed by atoms with Crippen LogP contribution in [0.1, 0.15) is 11.1 Å². The molecule has 1 N–H and O–H groups in total. The monoisotopic (exact) mass is 537 g/mol.